The third-order valence-electron chi connectivity index (χ3n) is 3.72. The Labute approximate surface area is 147 Å². The van der Waals surface area contributed by atoms with E-state index in [0.717, 1.165) is 12.1 Å². The number of hydrogen-bond acceptors (Lipinski definition) is 4. The van der Waals surface area contributed by atoms with E-state index in [-0.39, 0.29) is 22.5 Å². The molecule has 2 rings (SSSR count). The zero-order valence-corrected chi connectivity index (χ0v) is 14.2. The van der Waals surface area contributed by atoms with Gasteiger partial charge in [-0.3, -0.25) is 14.9 Å². The number of nitro groups is 1. The molecule has 6 nitrogen and oxygen atoms in total. The highest BCUT2D eigenvalue weighted by atomic mass is 19.4. The van der Waals surface area contributed by atoms with Crippen LogP contribution in [0.2, 0.25) is 0 Å². The average Bonchev–Trinajstić information content (AvgIpc) is 2.53. The number of hydrogen-bond donors (Lipinski definition) is 1. The molecule has 0 heterocycles. The van der Waals surface area contributed by atoms with Gasteiger partial charge >= 0.3 is 6.18 Å². The first-order valence-electron chi connectivity index (χ1n) is 7.46. The van der Waals surface area contributed by atoms with Crippen LogP contribution < -0.4 is 10.2 Å². The Hall–Kier alpha value is -3.10. The predicted molar refractivity (Wildman–Crippen MR) is 91.6 cm³/mol. The van der Waals surface area contributed by atoms with Crippen LogP contribution in [0.15, 0.2) is 36.4 Å². The number of carbonyl (C=O) groups excluding carboxylic acids is 1. The second kappa shape index (κ2) is 7.03. The Morgan fingerprint density at radius 3 is 2.38 bits per heavy atom. The third-order valence-corrected chi connectivity index (χ3v) is 3.72. The van der Waals surface area contributed by atoms with Crippen LogP contribution in [0.1, 0.15) is 21.5 Å². The number of aryl methyl sites for hydroxylation is 1. The Morgan fingerprint density at radius 1 is 1.19 bits per heavy atom. The van der Waals surface area contributed by atoms with E-state index in [0.29, 0.717) is 5.69 Å². The molecule has 1 amide bonds. The van der Waals surface area contributed by atoms with E-state index < -0.39 is 22.6 Å². The van der Waals surface area contributed by atoms with Gasteiger partial charge in [0.05, 0.1) is 21.9 Å². The highest BCUT2D eigenvalue weighted by Crippen LogP contribution is 2.35. The highest BCUT2D eigenvalue weighted by Gasteiger charge is 2.32. The number of benzene rings is 2. The van der Waals surface area contributed by atoms with Crippen LogP contribution in [0.4, 0.5) is 30.2 Å². The summed E-state index contributed by atoms with van der Waals surface area (Å²) in [5.74, 6) is -0.858. The number of halogens is 3. The number of nitrogens with one attached hydrogen (secondary N) is 1. The lowest BCUT2D eigenvalue weighted by molar-refractivity contribution is -0.385. The number of amides is 1. The fraction of sp³-hybridized carbons (Fsp3) is 0.235. The highest BCUT2D eigenvalue weighted by molar-refractivity contribution is 6.08. The van der Waals surface area contributed by atoms with E-state index in [1.54, 1.807) is 14.1 Å². The van der Waals surface area contributed by atoms with Crippen molar-refractivity contribution in [3.8, 4) is 0 Å². The number of para-hydroxylation sites is 1. The van der Waals surface area contributed by atoms with Crippen molar-refractivity contribution in [3.63, 3.8) is 0 Å². The van der Waals surface area contributed by atoms with Crippen molar-refractivity contribution < 1.29 is 22.9 Å². The molecule has 0 saturated heterocycles. The number of carbonyl (C=O) groups is 1. The molecule has 0 aliphatic rings. The zero-order chi connectivity index (χ0) is 19.6. The van der Waals surface area contributed by atoms with Gasteiger partial charge in [-0.05, 0) is 31.2 Å². The summed E-state index contributed by atoms with van der Waals surface area (Å²) in [6.45, 7) is 1.48. The monoisotopic (exact) mass is 367 g/mol. The molecule has 9 heteroatoms. The van der Waals surface area contributed by atoms with Crippen molar-refractivity contribution in [3.05, 3.63) is 63.2 Å². The minimum atomic E-state index is -4.58. The Bertz CT molecular complexity index is 864. The van der Waals surface area contributed by atoms with Crippen molar-refractivity contribution >= 4 is 23.0 Å². The van der Waals surface area contributed by atoms with Crippen LogP contribution in [0.5, 0.6) is 0 Å². The molecule has 2 aromatic carbocycles. The molecule has 0 radical (unpaired) electrons. The van der Waals surface area contributed by atoms with Crippen molar-refractivity contribution in [2.75, 3.05) is 24.3 Å². The maximum Gasteiger partial charge on any atom is 0.416 e. The molecular weight excluding hydrogens is 351 g/mol. The molecule has 26 heavy (non-hydrogen) atoms. The largest absolute Gasteiger partial charge is 0.416 e. The Morgan fingerprint density at radius 2 is 1.85 bits per heavy atom. The van der Waals surface area contributed by atoms with Crippen molar-refractivity contribution in [1.29, 1.82) is 0 Å². The molecule has 0 aromatic heterocycles. The molecule has 0 fully saturated rings. The minimum Gasteiger partial charge on any atom is -0.376 e. The normalized spacial score (nSPS) is 11.2. The molecule has 2 aromatic rings. The number of alkyl halides is 3. The van der Waals surface area contributed by atoms with Gasteiger partial charge in [0.1, 0.15) is 5.56 Å². The lowest BCUT2D eigenvalue weighted by Crippen LogP contribution is -2.19. The van der Waals surface area contributed by atoms with Gasteiger partial charge in [0.2, 0.25) is 0 Å². The number of anilines is 2. The van der Waals surface area contributed by atoms with Crippen molar-refractivity contribution in [1.82, 2.24) is 0 Å². The summed E-state index contributed by atoms with van der Waals surface area (Å²) in [4.78, 5) is 24.6. The molecule has 0 spiro atoms. The molecule has 0 unspecified atom stereocenters. The standard InChI is InChI=1S/C17H16F3N3O3/c1-10-5-4-6-12(15(10)23(25)26)16(24)21-13-9-11(17(18,19)20)7-8-14(13)22(2)3/h4-9H,1-3H3,(H,21,24). The van der Waals surface area contributed by atoms with Crippen LogP contribution in [0.25, 0.3) is 0 Å². The topological polar surface area (TPSA) is 75.5 Å². The van der Waals surface area contributed by atoms with E-state index in [2.05, 4.69) is 5.32 Å². The summed E-state index contributed by atoms with van der Waals surface area (Å²) in [6.07, 6.45) is -4.58. The zero-order valence-electron chi connectivity index (χ0n) is 14.2. The first kappa shape index (κ1) is 19.2. The second-order valence-electron chi connectivity index (χ2n) is 5.81. The fourth-order valence-electron chi connectivity index (χ4n) is 2.48. The summed E-state index contributed by atoms with van der Waals surface area (Å²) in [7, 11) is 3.21. The lowest BCUT2D eigenvalue weighted by atomic mass is 10.1. The first-order chi connectivity index (χ1) is 12.0. The van der Waals surface area contributed by atoms with E-state index in [1.807, 2.05) is 0 Å². The summed E-state index contributed by atoms with van der Waals surface area (Å²) in [6, 6.07) is 7.13. The molecule has 0 aliphatic heterocycles. The van der Waals surface area contributed by atoms with Gasteiger partial charge in [-0.1, -0.05) is 12.1 Å². The molecule has 0 atom stereocenters. The average molecular weight is 367 g/mol. The van der Waals surface area contributed by atoms with Crippen molar-refractivity contribution in [2.24, 2.45) is 0 Å². The molecule has 0 bridgehead atoms. The quantitative estimate of drug-likeness (QED) is 0.648. The molecule has 138 valence electrons. The van der Waals surface area contributed by atoms with E-state index >= 15 is 0 Å². The van der Waals surface area contributed by atoms with Gasteiger partial charge in [-0.25, -0.2) is 0 Å². The predicted octanol–water partition coefficient (Wildman–Crippen LogP) is 4.24. The van der Waals surface area contributed by atoms with Gasteiger partial charge in [0.15, 0.2) is 0 Å². The summed E-state index contributed by atoms with van der Waals surface area (Å²) in [5, 5.41) is 13.6. The molecule has 1 N–H and O–H groups in total. The van der Waals surface area contributed by atoms with Crippen LogP contribution >= 0.6 is 0 Å². The van der Waals surface area contributed by atoms with Gasteiger partial charge in [-0.15, -0.1) is 0 Å². The van der Waals surface area contributed by atoms with Gasteiger partial charge in [0, 0.05) is 19.7 Å². The maximum atomic E-state index is 13.0. The second-order valence-corrected chi connectivity index (χ2v) is 5.81. The third kappa shape index (κ3) is 3.93. The van der Waals surface area contributed by atoms with Crippen LogP contribution in [-0.4, -0.2) is 24.9 Å². The minimum absolute atomic E-state index is 0.0920. The van der Waals surface area contributed by atoms with Crippen LogP contribution in [-0.2, 0) is 6.18 Å². The maximum absolute atomic E-state index is 13.0. The van der Waals surface area contributed by atoms with Crippen LogP contribution in [0.3, 0.4) is 0 Å². The Balaban J connectivity index is 2.50. The number of nitro benzene ring substituents is 1. The summed E-state index contributed by atoms with van der Waals surface area (Å²) < 4.78 is 38.9. The van der Waals surface area contributed by atoms with Gasteiger partial charge < -0.3 is 10.2 Å². The van der Waals surface area contributed by atoms with E-state index in [1.165, 1.54) is 36.1 Å². The molecular formula is C17H16F3N3O3. The first-order valence-corrected chi connectivity index (χ1v) is 7.46. The summed E-state index contributed by atoms with van der Waals surface area (Å²) >= 11 is 0. The number of rotatable bonds is 4. The lowest BCUT2D eigenvalue weighted by Gasteiger charge is -2.20. The van der Waals surface area contributed by atoms with Crippen molar-refractivity contribution in [2.45, 2.75) is 13.1 Å². The van der Waals surface area contributed by atoms with Gasteiger partial charge in [0.25, 0.3) is 11.6 Å². The smallest absolute Gasteiger partial charge is 0.376 e. The number of nitrogens with zero attached hydrogens (tertiary/aromatic N) is 2. The molecule has 0 aliphatic carbocycles. The van der Waals surface area contributed by atoms with E-state index in [4.69, 9.17) is 0 Å². The van der Waals surface area contributed by atoms with E-state index in [9.17, 15) is 28.1 Å². The fourth-order valence-corrected chi connectivity index (χ4v) is 2.48. The molecule has 0 saturated carbocycles. The Kier molecular flexibility index (Phi) is 5.20. The van der Waals surface area contributed by atoms with Gasteiger partial charge in [-0.2, -0.15) is 13.2 Å². The van der Waals surface area contributed by atoms with Crippen LogP contribution in [0, 0.1) is 17.0 Å². The SMILES string of the molecule is Cc1cccc(C(=O)Nc2cc(C(F)(F)F)ccc2N(C)C)c1[N+](=O)[O-]. The summed E-state index contributed by atoms with van der Waals surface area (Å²) in [5.41, 5.74) is -1.02.